The van der Waals surface area contributed by atoms with Crippen LogP contribution in [0.15, 0.2) is 36.4 Å². The van der Waals surface area contributed by atoms with Gasteiger partial charge in [-0.25, -0.2) is 8.78 Å². The number of fused-ring (bicyclic) bond motifs is 1. The van der Waals surface area contributed by atoms with Crippen molar-refractivity contribution in [2.45, 2.75) is 50.7 Å². The van der Waals surface area contributed by atoms with E-state index >= 15 is 0 Å². The van der Waals surface area contributed by atoms with Crippen molar-refractivity contribution in [1.29, 1.82) is 0 Å². The molecule has 2 aromatic carbocycles. The highest BCUT2D eigenvalue weighted by Crippen LogP contribution is 2.39. The predicted molar refractivity (Wildman–Crippen MR) is 116 cm³/mol. The fraction of sp³-hybridized carbons (Fsp3) is 0.360. The smallest absolute Gasteiger partial charge is 0.255 e. The summed E-state index contributed by atoms with van der Waals surface area (Å²) in [6.07, 6.45) is 3.07. The molecule has 1 saturated heterocycles. The van der Waals surface area contributed by atoms with Crippen LogP contribution in [0.1, 0.15) is 70.0 Å². The van der Waals surface area contributed by atoms with Gasteiger partial charge in [-0.05, 0) is 55.0 Å². The minimum absolute atomic E-state index is 0.0583. The van der Waals surface area contributed by atoms with Crippen molar-refractivity contribution >= 4 is 23.6 Å². The van der Waals surface area contributed by atoms with Gasteiger partial charge in [-0.3, -0.25) is 24.5 Å². The molecule has 0 spiro atoms. The molecule has 176 valence electrons. The summed E-state index contributed by atoms with van der Waals surface area (Å²) in [4.78, 5) is 51.0. The maximum atomic E-state index is 14.5. The lowest BCUT2D eigenvalue weighted by Crippen LogP contribution is -2.52. The molecule has 0 aromatic heterocycles. The lowest BCUT2D eigenvalue weighted by Gasteiger charge is -2.34. The van der Waals surface area contributed by atoms with Crippen LogP contribution < -0.4 is 10.6 Å². The van der Waals surface area contributed by atoms with Gasteiger partial charge in [0, 0.05) is 35.7 Å². The average molecular weight is 467 g/mol. The summed E-state index contributed by atoms with van der Waals surface area (Å²) in [5.41, 5.74) is 1.57. The molecule has 3 aliphatic rings. The van der Waals surface area contributed by atoms with E-state index in [1.165, 1.54) is 23.1 Å². The maximum Gasteiger partial charge on any atom is 0.255 e. The SMILES string of the molecule is O=C1CC[C@@H](N2Cc3cc(C(=O)N[C@H](c4ccc(F)cc4F)C4CCC4)ccc3C2=O)C(=O)N1. The van der Waals surface area contributed by atoms with Crippen LogP contribution in [0.3, 0.4) is 0 Å². The molecule has 0 radical (unpaired) electrons. The molecular weight excluding hydrogens is 444 g/mol. The number of imide groups is 1. The van der Waals surface area contributed by atoms with Crippen LogP contribution in [0, 0.1) is 17.6 Å². The van der Waals surface area contributed by atoms with Gasteiger partial charge in [-0.1, -0.05) is 12.5 Å². The third kappa shape index (κ3) is 3.95. The maximum absolute atomic E-state index is 14.5. The molecule has 4 amide bonds. The first-order valence-corrected chi connectivity index (χ1v) is 11.3. The number of piperidine rings is 1. The van der Waals surface area contributed by atoms with E-state index in [4.69, 9.17) is 0 Å². The molecule has 2 atom stereocenters. The van der Waals surface area contributed by atoms with Gasteiger partial charge in [0.1, 0.15) is 17.7 Å². The lowest BCUT2D eigenvalue weighted by molar-refractivity contribution is -0.136. The van der Waals surface area contributed by atoms with Gasteiger partial charge < -0.3 is 10.2 Å². The zero-order chi connectivity index (χ0) is 24.0. The number of amides is 4. The fourth-order valence-corrected chi connectivity index (χ4v) is 4.92. The highest BCUT2D eigenvalue weighted by Gasteiger charge is 2.39. The highest BCUT2D eigenvalue weighted by atomic mass is 19.1. The minimum atomic E-state index is -0.737. The van der Waals surface area contributed by atoms with Crippen LogP contribution in [-0.2, 0) is 16.1 Å². The van der Waals surface area contributed by atoms with Gasteiger partial charge in [0.05, 0.1) is 6.04 Å². The molecule has 2 aromatic rings. The molecule has 2 heterocycles. The first kappa shape index (κ1) is 22.2. The number of halogens is 2. The number of rotatable bonds is 5. The fourth-order valence-electron chi connectivity index (χ4n) is 4.92. The molecule has 1 aliphatic carbocycles. The molecule has 1 saturated carbocycles. The summed E-state index contributed by atoms with van der Waals surface area (Å²) in [5.74, 6) is -2.92. The van der Waals surface area contributed by atoms with Crippen molar-refractivity contribution in [1.82, 2.24) is 15.5 Å². The summed E-state index contributed by atoms with van der Waals surface area (Å²) in [6, 6.07) is 6.73. The van der Waals surface area contributed by atoms with Crippen LogP contribution in [0.25, 0.3) is 0 Å². The summed E-state index contributed by atoms with van der Waals surface area (Å²) in [6.45, 7) is 0.153. The topological polar surface area (TPSA) is 95.6 Å². The third-order valence-electron chi connectivity index (χ3n) is 6.99. The summed E-state index contributed by atoms with van der Waals surface area (Å²) in [7, 11) is 0. The summed E-state index contributed by atoms with van der Waals surface area (Å²) >= 11 is 0. The number of hydrogen-bond acceptors (Lipinski definition) is 4. The molecule has 34 heavy (non-hydrogen) atoms. The number of nitrogens with one attached hydrogen (secondary N) is 2. The molecule has 5 rings (SSSR count). The number of nitrogens with zero attached hydrogens (tertiary/aromatic N) is 1. The molecule has 7 nitrogen and oxygen atoms in total. The number of carbonyl (C=O) groups excluding carboxylic acids is 4. The summed E-state index contributed by atoms with van der Waals surface area (Å²) < 4.78 is 27.9. The van der Waals surface area contributed by atoms with E-state index in [-0.39, 0.29) is 42.7 Å². The van der Waals surface area contributed by atoms with Crippen LogP contribution in [0.5, 0.6) is 0 Å². The zero-order valence-corrected chi connectivity index (χ0v) is 18.3. The van der Waals surface area contributed by atoms with E-state index in [1.807, 2.05) is 0 Å². The van der Waals surface area contributed by atoms with Crippen LogP contribution in [0.2, 0.25) is 0 Å². The Balaban J connectivity index is 1.35. The Bertz CT molecular complexity index is 1210. The lowest BCUT2D eigenvalue weighted by atomic mass is 9.77. The summed E-state index contributed by atoms with van der Waals surface area (Å²) in [5, 5.41) is 5.16. The van der Waals surface area contributed by atoms with Gasteiger partial charge in [-0.2, -0.15) is 0 Å². The Labute approximate surface area is 194 Å². The molecule has 2 aliphatic heterocycles. The van der Waals surface area contributed by atoms with Crippen LogP contribution >= 0.6 is 0 Å². The number of benzene rings is 2. The molecule has 9 heteroatoms. The van der Waals surface area contributed by atoms with Gasteiger partial charge >= 0.3 is 0 Å². The van der Waals surface area contributed by atoms with Crippen molar-refractivity contribution < 1.29 is 28.0 Å². The second-order valence-electron chi connectivity index (χ2n) is 9.08. The molecule has 2 fully saturated rings. The second-order valence-corrected chi connectivity index (χ2v) is 9.08. The van der Waals surface area contributed by atoms with Crippen molar-refractivity contribution in [2.75, 3.05) is 0 Å². The highest BCUT2D eigenvalue weighted by molar-refractivity contribution is 6.06. The zero-order valence-electron chi connectivity index (χ0n) is 18.3. The Kier molecular flexibility index (Phi) is 5.63. The average Bonchev–Trinajstić information content (AvgIpc) is 3.08. The molecule has 0 bridgehead atoms. The predicted octanol–water partition coefficient (Wildman–Crippen LogP) is 3.00. The second kappa shape index (κ2) is 8.62. The molecule has 2 N–H and O–H groups in total. The van der Waals surface area contributed by atoms with Crippen molar-refractivity contribution in [3.05, 3.63) is 70.3 Å². The Morgan fingerprint density at radius 2 is 1.85 bits per heavy atom. The number of hydrogen-bond donors (Lipinski definition) is 2. The van der Waals surface area contributed by atoms with E-state index in [9.17, 15) is 28.0 Å². The Morgan fingerprint density at radius 1 is 1.06 bits per heavy atom. The van der Waals surface area contributed by atoms with E-state index in [0.717, 1.165) is 25.3 Å². The standard InChI is InChI=1S/C25H23F2N3O4/c26-16-5-7-18(19(27)11-16)22(13-2-1-3-13)29-23(32)14-4-6-17-15(10-14)12-30(25(17)34)20-8-9-21(31)28-24(20)33/h4-7,10-11,13,20,22H,1-3,8-9,12H2,(H,29,32)(H,28,31,33)/t20-,22+/m1/s1. The van der Waals surface area contributed by atoms with Crippen LogP contribution in [-0.4, -0.2) is 34.6 Å². The van der Waals surface area contributed by atoms with E-state index < -0.39 is 35.5 Å². The monoisotopic (exact) mass is 467 g/mol. The Morgan fingerprint density at radius 3 is 2.53 bits per heavy atom. The Hall–Kier alpha value is -3.62. The van der Waals surface area contributed by atoms with Crippen LogP contribution in [0.4, 0.5) is 8.78 Å². The number of carbonyl (C=O) groups is 4. The van der Waals surface area contributed by atoms with E-state index in [2.05, 4.69) is 10.6 Å². The van der Waals surface area contributed by atoms with Gasteiger partial charge in [0.15, 0.2) is 0 Å². The van der Waals surface area contributed by atoms with Crippen molar-refractivity contribution in [3.8, 4) is 0 Å². The molecule has 0 unspecified atom stereocenters. The molecular formula is C25H23F2N3O4. The first-order valence-electron chi connectivity index (χ1n) is 11.3. The van der Waals surface area contributed by atoms with Crippen molar-refractivity contribution in [3.63, 3.8) is 0 Å². The van der Waals surface area contributed by atoms with Gasteiger partial charge in [0.2, 0.25) is 11.8 Å². The largest absolute Gasteiger partial charge is 0.345 e. The van der Waals surface area contributed by atoms with Gasteiger partial charge in [-0.15, -0.1) is 0 Å². The normalized spacial score (nSPS) is 21.1. The van der Waals surface area contributed by atoms with Gasteiger partial charge in [0.25, 0.3) is 11.8 Å². The quantitative estimate of drug-likeness (QED) is 0.661. The third-order valence-corrected chi connectivity index (χ3v) is 6.99. The van der Waals surface area contributed by atoms with E-state index in [1.54, 1.807) is 12.1 Å². The van der Waals surface area contributed by atoms with Crippen molar-refractivity contribution in [2.24, 2.45) is 5.92 Å². The minimum Gasteiger partial charge on any atom is -0.345 e. The van der Waals surface area contributed by atoms with E-state index in [0.29, 0.717) is 16.7 Å². The first-order chi connectivity index (χ1) is 16.3.